The van der Waals surface area contributed by atoms with Crippen molar-refractivity contribution in [3.63, 3.8) is 0 Å². The average Bonchev–Trinajstić information content (AvgIpc) is 3.29. The zero-order valence-electron chi connectivity index (χ0n) is 17.8. The number of anilines is 1. The van der Waals surface area contributed by atoms with Gasteiger partial charge in [-0.3, -0.25) is 4.79 Å². The number of para-hydroxylation sites is 1. The summed E-state index contributed by atoms with van der Waals surface area (Å²) >= 11 is 0. The summed E-state index contributed by atoms with van der Waals surface area (Å²) in [5, 5.41) is 3.61. The molecule has 0 aliphatic carbocycles. The Labute approximate surface area is 188 Å². The minimum atomic E-state index is -0.690. The summed E-state index contributed by atoms with van der Waals surface area (Å²) in [6.07, 6.45) is 0. The van der Waals surface area contributed by atoms with Crippen LogP contribution in [0, 0.1) is 0 Å². The number of methoxy groups -OCH3 is 2. The van der Waals surface area contributed by atoms with Crippen molar-refractivity contribution < 1.29 is 33.0 Å². The summed E-state index contributed by atoms with van der Waals surface area (Å²) in [4.78, 5) is 36.4. The van der Waals surface area contributed by atoms with E-state index in [4.69, 9.17) is 18.6 Å². The van der Waals surface area contributed by atoms with Gasteiger partial charge >= 0.3 is 11.9 Å². The van der Waals surface area contributed by atoms with Crippen LogP contribution >= 0.6 is 0 Å². The molecule has 0 aliphatic rings. The number of ether oxygens (including phenoxy) is 3. The second kappa shape index (κ2) is 9.27. The van der Waals surface area contributed by atoms with Gasteiger partial charge in [0.2, 0.25) is 0 Å². The lowest BCUT2D eigenvalue weighted by Gasteiger charge is -2.11. The van der Waals surface area contributed by atoms with Gasteiger partial charge in [0.05, 0.1) is 25.3 Å². The molecule has 1 amide bonds. The number of hydrogen-bond acceptors (Lipinski definition) is 7. The van der Waals surface area contributed by atoms with Crippen molar-refractivity contribution in [1.29, 1.82) is 0 Å². The Hall–Kier alpha value is -4.59. The van der Waals surface area contributed by atoms with Crippen LogP contribution in [-0.2, 0) is 9.47 Å². The SMILES string of the molecule is COC(=O)c1ccc(Oc2ccc(NC(=O)c3cc4ccccc4o3)cc2)cc1C(=O)OC. The normalized spacial score (nSPS) is 10.5. The average molecular weight is 445 g/mol. The van der Waals surface area contributed by atoms with Crippen LogP contribution in [0.25, 0.3) is 11.0 Å². The van der Waals surface area contributed by atoms with E-state index in [1.54, 1.807) is 36.4 Å². The molecular formula is C25H19NO7. The van der Waals surface area contributed by atoms with Crippen LogP contribution in [0.15, 0.2) is 77.2 Å². The van der Waals surface area contributed by atoms with E-state index in [1.807, 2.05) is 18.2 Å². The first-order valence-electron chi connectivity index (χ1n) is 9.87. The van der Waals surface area contributed by atoms with Crippen LogP contribution in [0.1, 0.15) is 31.3 Å². The quantitative estimate of drug-likeness (QED) is 0.414. The third-order valence-corrected chi connectivity index (χ3v) is 4.80. The van der Waals surface area contributed by atoms with Gasteiger partial charge in [-0.25, -0.2) is 9.59 Å². The van der Waals surface area contributed by atoms with Crippen LogP contribution in [0.2, 0.25) is 0 Å². The highest BCUT2D eigenvalue weighted by Gasteiger charge is 2.19. The van der Waals surface area contributed by atoms with Gasteiger partial charge in [-0.2, -0.15) is 0 Å². The number of nitrogens with one attached hydrogen (secondary N) is 1. The van der Waals surface area contributed by atoms with Gasteiger partial charge in [0.1, 0.15) is 17.1 Å². The zero-order chi connectivity index (χ0) is 23.4. The molecule has 0 spiro atoms. The highest BCUT2D eigenvalue weighted by Crippen LogP contribution is 2.27. The van der Waals surface area contributed by atoms with Crippen molar-refractivity contribution in [1.82, 2.24) is 0 Å². The smallest absolute Gasteiger partial charge is 0.338 e. The van der Waals surface area contributed by atoms with E-state index in [1.165, 1.54) is 32.4 Å². The molecule has 8 nitrogen and oxygen atoms in total. The first-order chi connectivity index (χ1) is 16.0. The molecule has 1 N–H and O–H groups in total. The molecule has 0 bridgehead atoms. The van der Waals surface area contributed by atoms with Gasteiger partial charge in [-0.1, -0.05) is 18.2 Å². The summed E-state index contributed by atoms with van der Waals surface area (Å²) in [7, 11) is 2.44. The first kappa shape index (κ1) is 21.6. The number of carbonyl (C=O) groups is 3. The summed E-state index contributed by atoms with van der Waals surface area (Å²) < 4.78 is 20.8. The number of hydrogen-bond donors (Lipinski definition) is 1. The molecule has 8 heteroatoms. The van der Waals surface area contributed by atoms with Crippen LogP contribution < -0.4 is 10.1 Å². The molecular weight excluding hydrogens is 426 g/mol. The lowest BCUT2D eigenvalue weighted by molar-refractivity contribution is 0.0555. The number of amides is 1. The van der Waals surface area contributed by atoms with E-state index in [2.05, 4.69) is 5.32 Å². The van der Waals surface area contributed by atoms with E-state index < -0.39 is 11.9 Å². The van der Waals surface area contributed by atoms with Crippen molar-refractivity contribution in [2.24, 2.45) is 0 Å². The highest BCUT2D eigenvalue weighted by atomic mass is 16.5. The Morgan fingerprint density at radius 2 is 1.42 bits per heavy atom. The van der Waals surface area contributed by atoms with Gasteiger partial charge in [0.15, 0.2) is 5.76 Å². The molecule has 0 radical (unpaired) electrons. The third-order valence-electron chi connectivity index (χ3n) is 4.80. The van der Waals surface area contributed by atoms with Gasteiger partial charge in [-0.15, -0.1) is 0 Å². The maximum Gasteiger partial charge on any atom is 0.338 e. The van der Waals surface area contributed by atoms with Gasteiger partial charge in [0.25, 0.3) is 5.91 Å². The van der Waals surface area contributed by atoms with Gasteiger partial charge < -0.3 is 23.9 Å². The number of carbonyl (C=O) groups excluding carboxylic acids is 3. The van der Waals surface area contributed by atoms with Crippen LogP contribution in [-0.4, -0.2) is 32.1 Å². The lowest BCUT2D eigenvalue weighted by atomic mass is 10.1. The summed E-state index contributed by atoms with van der Waals surface area (Å²) in [6, 6.07) is 20.0. The zero-order valence-corrected chi connectivity index (χ0v) is 17.8. The molecule has 4 rings (SSSR count). The molecule has 0 saturated heterocycles. The number of fused-ring (bicyclic) bond motifs is 1. The molecule has 0 saturated carbocycles. The molecule has 1 aromatic heterocycles. The Balaban J connectivity index is 1.47. The fourth-order valence-electron chi connectivity index (χ4n) is 3.18. The Kier molecular flexibility index (Phi) is 6.08. The molecule has 3 aromatic carbocycles. The van der Waals surface area contributed by atoms with Gasteiger partial charge in [0, 0.05) is 11.1 Å². The van der Waals surface area contributed by atoms with E-state index in [9.17, 15) is 14.4 Å². The van der Waals surface area contributed by atoms with E-state index >= 15 is 0 Å². The van der Waals surface area contributed by atoms with E-state index in [-0.39, 0.29) is 22.8 Å². The fraction of sp³-hybridized carbons (Fsp3) is 0.0800. The van der Waals surface area contributed by atoms with Crippen LogP contribution in [0.5, 0.6) is 11.5 Å². The number of rotatable bonds is 6. The lowest BCUT2D eigenvalue weighted by Crippen LogP contribution is -2.11. The molecule has 166 valence electrons. The van der Waals surface area contributed by atoms with Crippen LogP contribution in [0.4, 0.5) is 5.69 Å². The van der Waals surface area contributed by atoms with Crippen molar-refractivity contribution in [3.05, 3.63) is 89.7 Å². The molecule has 0 aliphatic heterocycles. The standard InChI is InChI=1S/C25H19NO7/c1-30-24(28)19-12-11-18(14-20(19)25(29)31-2)32-17-9-7-16(8-10-17)26-23(27)22-13-15-5-3-4-6-21(15)33-22/h3-14H,1-2H3,(H,26,27). The first-order valence-corrected chi connectivity index (χ1v) is 9.87. The minimum absolute atomic E-state index is 0.0246. The predicted octanol–water partition coefficient (Wildman–Crippen LogP) is 5.05. The molecule has 0 atom stereocenters. The summed E-state index contributed by atoms with van der Waals surface area (Å²) in [5.41, 5.74) is 1.27. The second-order valence-electron chi connectivity index (χ2n) is 6.92. The maximum atomic E-state index is 12.5. The van der Waals surface area contributed by atoms with E-state index in [0.717, 1.165) is 5.39 Å². The van der Waals surface area contributed by atoms with Crippen molar-refractivity contribution >= 4 is 34.5 Å². The predicted molar refractivity (Wildman–Crippen MR) is 120 cm³/mol. The topological polar surface area (TPSA) is 104 Å². The molecule has 0 fully saturated rings. The minimum Gasteiger partial charge on any atom is -0.465 e. The fourth-order valence-corrected chi connectivity index (χ4v) is 3.18. The maximum absolute atomic E-state index is 12.5. The Bertz CT molecular complexity index is 1310. The second-order valence-corrected chi connectivity index (χ2v) is 6.92. The number of benzene rings is 3. The van der Waals surface area contributed by atoms with Gasteiger partial charge in [-0.05, 0) is 54.6 Å². The molecule has 4 aromatic rings. The molecule has 1 heterocycles. The Morgan fingerprint density at radius 3 is 2.12 bits per heavy atom. The highest BCUT2D eigenvalue weighted by molar-refractivity contribution is 6.05. The van der Waals surface area contributed by atoms with Crippen molar-refractivity contribution in [2.75, 3.05) is 19.5 Å². The number of esters is 2. The molecule has 33 heavy (non-hydrogen) atoms. The van der Waals surface area contributed by atoms with E-state index in [0.29, 0.717) is 22.8 Å². The monoisotopic (exact) mass is 445 g/mol. The third kappa shape index (κ3) is 4.69. The van der Waals surface area contributed by atoms with Crippen molar-refractivity contribution in [2.45, 2.75) is 0 Å². The largest absolute Gasteiger partial charge is 0.465 e. The summed E-state index contributed by atoms with van der Waals surface area (Å²) in [5.74, 6) is -0.741. The molecule has 0 unspecified atom stereocenters. The van der Waals surface area contributed by atoms with Crippen molar-refractivity contribution in [3.8, 4) is 11.5 Å². The number of furan rings is 1. The summed E-state index contributed by atoms with van der Waals surface area (Å²) in [6.45, 7) is 0. The van der Waals surface area contributed by atoms with Crippen LogP contribution in [0.3, 0.4) is 0 Å². The Morgan fingerprint density at radius 1 is 0.758 bits per heavy atom.